The Morgan fingerprint density at radius 2 is 1.94 bits per heavy atom. The summed E-state index contributed by atoms with van der Waals surface area (Å²) in [4.78, 5) is 39.2. The molecular formula is C22H20ClN3O6. The molecule has 0 fully saturated rings. The van der Waals surface area contributed by atoms with Gasteiger partial charge in [0.2, 0.25) is 5.91 Å². The van der Waals surface area contributed by atoms with E-state index in [0.717, 1.165) is 0 Å². The molecule has 2 heterocycles. The zero-order valence-electron chi connectivity index (χ0n) is 17.3. The Hall–Kier alpha value is -3.72. The molecule has 3 amide bonds. The van der Waals surface area contributed by atoms with Gasteiger partial charge in [0.05, 0.1) is 37.2 Å². The summed E-state index contributed by atoms with van der Waals surface area (Å²) >= 11 is 5.95. The number of hydrogen-bond donors (Lipinski definition) is 2. The van der Waals surface area contributed by atoms with Crippen LogP contribution in [-0.4, -0.2) is 50.2 Å². The average molecular weight is 458 g/mol. The zero-order valence-corrected chi connectivity index (χ0v) is 18.1. The predicted octanol–water partition coefficient (Wildman–Crippen LogP) is 2.87. The third-order valence-electron chi connectivity index (χ3n) is 5.19. The number of benzene rings is 2. The van der Waals surface area contributed by atoms with Crippen molar-refractivity contribution in [2.75, 3.05) is 32.7 Å². The topological polar surface area (TPSA) is 106 Å². The molecule has 0 radical (unpaired) electrons. The van der Waals surface area contributed by atoms with E-state index in [2.05, 4.69) is 10.6 Å². The number of anilines is 1. The summed E-state index contributed by atoms with van der Waals surface area (Å²) in [6.45, 7) is -0.408. The number of carbonyl (C=O) groups is 3. The van der Waals surface area contributed by atoms with Gasteiger partial charge in [0.1, 0.15) is 24.7 Å². The maximum atomic E-state index is 12.9. The molecule has 0 saturated heterocycles. The van der Waals surface area contributed by atoms with Gasteiger partial charge < -0.3 is 24.8 Å². The van der Waals surface area contributed by atoms with Crippen LogP contribution in [0.2, 0.25) is 5.02 Å². The minimum absolute atomic E-state index is 0.0924. The first-order valence-corrected chi connectivity index (χ1v) is 10.0. The minimum Gasteiger partial charge on any atom is -0.497 e. The molecule has 10 heteroatoms. The summed E-state index contributed by atoms with van der Waals surface area (Å²) < 4.78 is 15.6. The van der Waals surface area contributed by atoms with E-state index in [1.165, 1.54) is 19.1 Å². The Balaban J connectivity index is 1.57. The number of halogens is 1. The van der Waals surface area contributed by atoms with Gasteiger partial charge in [0.25, 0.3) is 0 Å². The van der Waals surface area contributed by atoms with E-state index in [-0.39, 0.29) is 13.2 Å². The molecule has 9 nitrogen and oxygen atoms in total. The van der Waals surface area contributed by atoms with E-state index >= 15 is 0 Å². The first-order chi connectivity index (χ1) is 15.4. The fourth-order valence-corrected chi connectivity index (χ4v) is 3.74. The molecule has 4 rings (SSSR count). The lowest BCUT2D eigenvalue weighted by Crippen LogP contribution is -2.49. The molecular weight excluding hydrogens is 438 g/mol. The average Bonchev–Trinajstić information content (AvgIpc) is 3.18. The Kier molecular flexibility index (Phi) is 5.91. The van der Waals surface area contributed by atoms with Crippen molar-refractivity contribution in [3.63, 3.8) is 0 Å². The molecule has 0 aromatic heterocycles. The van der Waals surface area contributed by atoms with Crippen LogP contribution in [0.15, 0.2) is 53.7 Å². The standard InChI is InChI=1S/C22H20ClN3O6/c1-30-14-7-8-15(17(9-14)31-2)24-18(27)10-26-16-11-32-21(28)19(16)20(25-22(26)29)12-3-5-13(23)6-4-12/h3-9,20H,10-11H2,1-2H3,(H,24,27)(H,25,29). The molecule has 2 N–H and O–H groups in total. The van der Waals surface area contributed by atoms with Gasteiger partial charge in [-0.3, -0.25) is 9.69 Å². The number of cyclic esters (lactones) is 1. The Bertz CT molecular complexity index is 1120. The molecule has 1 unspecified atom stereocenters. The second-order valence-electron chi connectivity index (χ2n) is 7.07. The summed E-state index contributed by atoms with van der Waals surface area (Å²) in [6.07, 6.45) is 0. The van der Waals surface area contributed by atoms with E-state index in [1.807, 2.05) is 0 Å². The van der Waals surface area contributed by atoms with Crippen LogP contribution < -0.4 is 20.1 Å². The SMILES string of the molecule is COc1ccc(NC(=O)CN2C(=O)NC(c3ccc(Cl)cc3)C3=C2COC3=O)c(OC)c1. The second-order valence-corrected chi connectivity index (χ2v) is 7.51. The molecule has 32 heavy (non-hydrogen) atoms. The molecule has 0 aliphatic carbocycles. The lowest BCUT2D eigenvalue weighted by molar-refractivity contribution is -0.136. The highest BCUT2D eigenvalue weighted by molar-refractivity contribution is 6.30. The first-order valence-electron chi connectivity index (χ1n) is 9.66. The van der Waals surface area contributed by atoms with E-state index in [0.29, 0.717) is 39.0 Å². The van der Waals surface area contributed by atoms with Gasteiger partial charge in [-0.25, -0.2) is 9.59 Å². The molecule has 1 atom stereocenters. The van der Waals surface area contributed by atoms with Crippen molar-refractivity contribution in [2.45, 2.75) is 6.04 Å². The van der Waals surface area contributed by atoms with Crippen molar-refractivity contribution in [1.29, 1.82) is 0 Å². The van der Waals surface area contributed by atoms with Crippen LogP contribution in [0.3, 0.4) is 0 Å². The van der Waals surface area contributed by atoms with Crippen molar-refractivity contribution < 1.29 is 28.6 Å². The number of hydrogen-bond acceptors (Lipinski definition) is 6. The van der Waals surface area contributed by atoms with Crippen LogP contribution >= 0.6 is 11.6 Å². The number of carbonyl (C=O) groups excluding carboxylic acids is 3. The van der Waals surface area contributed by atoms with Gasteiger partial charge >= 0.3 is 12.0 Å². The highest BCUT2D eigenvalue weighted by Crippen LogP contribution is 2.35. The number of urea groups is 1. The van der Waals surface area contributed by atoms with E-state index in [9.17, 15) is 14.4 Å². The van der Waals surface area contributed by atoms with Crippen molar-refractivity contribution >= 4 is 35.2 Å². The monoisotopic (exact) mass is 457 g/mol. The first kappa shape index (κ1) is 21.5. The van der Waals surface area contributed by atoms with Gasteiger partial charge in [-0.05, 0) is 29.8 Å². The highest BCUT2D eigenvalue weighted by atomic mass is 35.5. The number of esters is 1. The van der Waals surface area contributed by atoms with E-state index < -0.39 is 23.9 Å². The van der Waals surface area contributed by atoms with E-state index in [1.54, 1.807) is 42.5 Å². The third kappa shape index (κ3) is 4.06. The van der Waals surface area contributed by atoms with Gasteiger partial charge in [-0.1, -0.05) is 23.7 Å². The number of rotatable bonds is 6. The molecule has 0 spiro atoms. The predicted molar refractivity (Wildman–Crippen MR) is 116 cm³/mol. The fourth-order valence-electron chi connectivity index (χ4n) is 3.62. The Labute approximate surface area is 188 Å². The van der Waals surface area contributed by atoms with Gasteiger partial charge in [0.15, 0.2) is 0 Å². The molecule has 2 aliphatic heterocycles. The number of amides is 3. The van der Waals surface area contributed by atoms with Crippen LogP contribution in [0.4, 0.5) is 10.5 Å². The number of methoxy groups -OCH3 is 2. The summed E-state index contributed by atoms with van der Waals surface area (Å²) in [5.74, 6) is -0.0373. The molecule has 166 valence electrons. The quantitative estimate of drug-likeness (QED) is 0.646. The smallest absolute Gasteiger partial charge is 0.338 e. The largest absolute Gasteiger partial charge is 0.497 e. The molecule has 0 bridgehead atoms. The molecule has 2 aliphatic rings. The van der Waals surface area contributed by atoms with Crippen LogP contribution in [0, 0.1) is 0 Å². The Morgan fingerprint density at radius 1 is 1.19 bits per heavy atom. The van der Waals surface area contributed by atoms with Crippen LogP contribution in [0.1, 0.15) is 11.6 Å². The van der Waals surface area contributed by atoms with Gasteiger partial charge in [-0.15, -0.1) is 0 Å². The van der Waals surface area contributed by atoms with Gasteiger partial charge in [-0.2, -0.15) is 0 Å². The van der Waals surface area contributed by atoms with Crippen molar-refractivity contribution in [3.05, 3.63) is 64.3 Å². The normalized spacial score (nSPS) is 17.5. The molecule has 0 saturated carbocycles. The zero-order chi connectivity index (χ0) is 22.8. The van der Waals surface area contributed by atoms with Crippen molar-refractivity contribution in [2.24, 2.45) is 0 Å². The summed E-state index contributed by atoms with van der Waals surface area (Å²) in [5, 5.41) is 6.03. The van der Waals surface area contributed by atoms with Gasteiger partial charge in [0, 0.05) is 11.1 Å². The van der Waals surface area contributed by atoms with Crippen LogP contribution in [-0.2, 0) is 14.3 Å². The van der Waals surface area contributed by atoms with Crippen molar-refractivity contribution in [1.82, 2.24) is 10.2 Å². The number of nitrogens with zero attached hydrogens (tertiary/aromatic N) is 1. The maximum Gasteiger partial charge on any atom is 0.338 e. The lowest BCUT2D eigenvalue weighted by Gasteiger charge is -2.32. The molecule has 2 aromatic carbocycles. The lowest BCUT2D eigenvalue weighted by atomic mass is 9.96. The highest BCUT2D eigenvalue weighted by Gasteiger charge is 2.42. The number of nitrogens with one attached hydrogen (secondary N) is 2. The summed E-state index contributed by atoms with van der Waals surface area (Å²) in [7, 11) is 2.99. The second kappa shape index (κ2) is 8.80. The fraction of sp³-hybridized carbons (Fsp3) is 0.227. The van der Waals surface area contributed by atoms with Crippen LogP contribution in [0.5, 0.6) is 11.5 Å². The van der Waals surface area contributed by atoms with Crippen molar-refractivity contribution in [3.8, 4) is 11.5 Å². The van der Waals surface area contributed by atoms with E-state index in [4.69, 9.17) is 25.8 Å². The maximum absolute atomic E-state index is 12.9. The Morgan fingerprint density at radius 3 is 2.62 bits per heavy atom. The van der Waals surface area contributed by atoms with Crippen LogP contribution in [0.25, 0.3) is 0 Å². The number of ether oxygens (including phenoxy) is 3. The third-order valence-corrected chi connectivity index (χ3v) is 5.44. The summed E-state index contributed by atoms with van der Waals surface area (Å²) in [6, 6.07) is 10.5. The molecule has 2 aromatic rings. The minimum atomic E-state index is -0.689. The summed E-state index contributed by atoms with van der Waals surface area (Å²) in [5.41, 5.74) is 1.75.